The van der Waals surface area contributed by atoms with Crippen LogP contribution in [0.15, 0.2) is 24.5 Å². The van der Waals surface area contributed by atoms with Crippen molar-refractivity contribution in [3.8, 4) is 23.2 Å². The molecule has 0 amide bonds. The molecule has 0 aliphatic carbocycles. The third kappa shape index (κ3) is 1.61. The Kier molecular flexibility index (Phi) is 2.56. The fraction of sp³-hybridized carbons (Fsp3) is 0.182. The molecule has 2 rings (SSSR count). The van der Waals surface area contributed by atoms with E-state index in [2.05, 4.69) is 16.2 Å². The van der Waals surface area contributed by atoms with E-state index in [1.807, 2.05) is 0 Å². The Morgan fingerprint density at radius 3 is 2.75 bits per heavy atom. The lowest BCUT2D eigenvalue weighted by atomic mass is 10.2. The van der Waals surface area contributed by atoms with Crippen LogP contribution in [0.3, 0.4) is 0 Å². The molecule has 0 spiro atoms. The summed E-state index contributed by atoms with van der Waals surface area (Å²) in [5.41, 5.74) is 1.93. The summed E-state index contributed by atoms with van der Waals surface area (Å²) in [5.74, 6) is 0.685. The van der Waals surface area contributed by atoms with E-state index in [0.717, 1.165) is 0 Å². The number of hydrogen-bond acceptors (Lipinski definition) is 4. The van der Waals surface area contributed by atoms with Gasteiger partial charge >= 0.3 is 0 Å². The van der Waals surface area contributed by atoms with Crippen LogP contribution in [0, 0.1) is 11.3 Å². The Morgan fingerprint density at radius 2 is 2.19 bits per heavy atom. The van der Waals surface area contributed by atoms with Crippen molar-refractivity contribution >= 4 is 0 Å². The van der Waals surface area contributed by atoms with Gasteiger partial charge in [0.2, 0.25) is 0 Å². The molecule has 0 unspecified atom stereocenters. The highest BCUT2D eigenvalue weighted by molar-refractivity contribution is 5.63. The van der Waals surface area contributed by atoms with Crippen LogP contribution in [0.5, 0.6) is 5.75 Å². The maximum atomic E-state index is 8.94. The Morgan fingerprint density at radius 1 is 1.38 bits per heavy atom. The quantitative estimate of drug-likeness (QED) is 0.757. The standard InChI is InChI=1S/C11H10N4O/c1-15-11(8(5-12)6-14-15)10-4-3-9(16-2)7-13-10/h3-4,6-7H,1-2H3. The lowest BCUT2D eigenvalue weighted by Gasteiger charge is -2.03. The van der Waals surface area contributed by atoms with Gasteiger partial charge in [-0.2, -0.15) is 10.4 Å². The molecular formula is C11H10N4O. The van der Waals surface area contributed by atoms with E-state index in [4.69, 9.17) is 10.00 Å². The Bertz CT molecular complexity index is 536. The summed E-state index contributed by atoms with van der Waals surface area (Å²) in [4.78, 5) is 4.22. The normalized spacial score (nSPS) is 9.81. The number of rotatable bonds is 2. The van der Waals surface area contributed by atoms with Gasteiger partial charge in [0.05, 0.1) is 30.8 Å². The van der Waals surface area contributed by atoms with Crippen LogP contribution in [-0.2, 0) is 7.05 Å². The van der Waals surface area contributed by atoms with E-state index in [1.54, 1.807) is 37.2 Å². The van der Waals surface area contributed by atoms with Gasteiger partial charge in [-0.3, -0.25) is 9.67 Å². The first kappa shape index (κ1) is 10.2. The molecule has 2 aromatic rings. The van der Waals surface area contributed by atoms with Gasteiger partial charge in [-0.1, -0.05) is 0 Å². The van der Waals surface area contributed by atoms with Gasteiger partial charge < -0.3 is 4.74 Å². The van der Waals surface area contributed by atoms with Crippen molar-refractivity contribution < 1.29 is 4.74 Å². The van der Waals surface area contributed by atoms with E-state index < -0.39 is 0 Å². The van der Waals surface area contributed by atoms with Gasteiger partial charge in [-0.25, -0.2) is 0 Å². The lowest BCUT2D eigenvalue weighted by Crippen LogP contribution is -1.96. The van der Waals surface area contributed by atoms with Crippen molar-refractivity contribution in [2.24, 2.45) is 7.05 Å². The summed E-state index contributed by atoms with van der Waals surface area (Å²) in [7, 11) is 3.36. The van der Waals surface area contributed by atoms with Gasteiger partial charge in [0.25, 0.3) is 0 Å². The molecule has 16 heavy (non-hydrogen) atoms. The SMILES string of the molecule is COc1ccc(-c2c(C#N)cnn2C)nc1. The second kappa shape index (κ2) is 4.03. The maximum Gasteiger partial charge on any atom is 0.137 e. The van der Waals surface area contributed by atoms with Crippen LogP contribution >= 0.6 is 0 Å². The minimum atomic E-state index is 0.514. The molecule has 2 heterocycles. The molecule has 2 aromatic heterocycles. The zero-order valence-electron chi connectivity index (χ0n) is 9.01. The molecule has 0 aromatic carbocycles. The van der Waals surface area contributed by atoms with Crippen molar-refractivity contribution in [1.82, 2.24) is 14.8 Å². The molecule has 0 aliphatic heterocycles. The van der Waals surface area contributed by atoms with Crippen LogP contribution in [0.1, 0.15) is 5.56 Å². The molecular weight excluding hydrogens is 204 g/mol. The summed E-state index contributed by atoms with van der Waals surface area (Å²) in [6, 6.07) is 5.69. The van der Waals surface area contributed by atoms with E-state index in [-0.39, 0.29) is 0 Å². The maximum absolute atomic E-state index is 8.94. The molecule has 0 atom stereocenters. The highest BCUT2D eigenvalue weighted by Gasteiger charge is 2.11. The number of aryl methyl sites for hydroxylation is 1. The lowest BCUT2D eigenvalue weighted by molar-refractivity contribution is 0.413. The average Bonchev–Trinajstić information content (AvgIpc) is 2.70. The Labute approximate surface area is 92.9 Å². The average molecular weight is 214 g/mol. The van der Waals surface area contributed by atoms with Crippen LogP contribution in [0.2, 0.25) is 0 Å². The molecule has 0 bridgehead atoms. The van der Waals surface area contributed by atoms with Gasteiger partial charge in [0.15, 0.2) is 0 Å². The second-order valence-electron chi connectivity index (χ2n) is 3.23. The Balaban J connectivity index is 2.50. The summed E-state index contributed by atoms with van der Waals surface area (Å²) in [6.45, 7) is 0. The van der Waals surface area contributed by atoms with E-state index >= 15 is 0 Å². The van der Waals surface area contributed by atoms with Crippen molar-refractivity contribution in [2.75, 3.05) is 7.11 Å². The minimum Gasteiger partial charge on any atom is -0.495 e. The molecule has 0 N–H and O–H groups in total. The van der Waals surface area contributed by atoms with Gasteiger partial charge in [-0.15, -0.1) is 0 Å². The number of pyridine rings is 1. The topological polar surface area (TPSA) is 63.7 Å². The van der Waals surface area contributed by atoms with Crippen LogP contribution in [0.25, 0.3) is 11.4 Å². The van der Waals surface area contributed by atoms with Crippen molar-refractivity contribution in [2.45, 2.75) is 0 Å². The second-order valence-corrected chi connectivity index (χ2v) is 3.23. The van der Waals surface area contributed by atoms with Crippen LogP contribution in [0.4, 0.5) is 0 Å². The number of methoxy groups -OCH3 is 1. The first-order valence-corrected chi connectivity index (χ1v) is 4.68. The van der Waals surface area contributed by atoms with Gasteiger partial charge in [0.1, 0.15) is 17.5 Å². The summed E-state index contributed by atoms with van der Waals surface area (Å²) in [5, 5.41) is 13.0. The molecule has 0 radical (unpaired) electrons. The number of nitriles is 1. The number of nitrogens with zero attached hydrogens (tertiary/aromatic N) is 4. The predicted molar refractivity (Wildman–Crippen MR) is 57.7 cm³/mol. The molecule has 0 fully saturated rings. The highest BCUT2D eigenvalue weighted by atomic mass is 16.5. The number of hydrogen-bond donors (Lipinski definition) is 0. The largest absolute Gasteiger partial charge is 0.495 e. The fourth-order valence-electron chi connectivity index (χ4n) is 1.46. The van der Waals surface area contributed by atoms with Crippen molar-refractivity contribution in [3.05, 3.63) is 30.1 Å². The molecule has 0 saturated carbocycles. The van der Waals surface area contributed by atoms with Crippen molar-refractivity contribution in [1.29, 1.82) is 5.26 Å². The van der Waals surface area contributed by atoms with E-state index in [9.17, 15) is 0 Å². The summed E-state index contributed by atoms with van der Waals surface area (Å²) < 4.78 is 6.66. The highest BCUT2D eigenvalue weighted by Crippen LogP contribution is 2.21. The van der Waals surface area contributed by atoms with Gasteiger partial charge in [0, 0.05) is 7.05 Å². The van der Waals surface area contributed by atoms with Crippen molar-refractivity contribution in [3.63, 3.8) is 0 Å². The zero-order valence-corrected chi connectivity index (χ0v) is 9.01. The first-order chi connectivity index (χ1) is 7.76. The predicted octanol–water partition coefficient (Wildman–Crippen LogP) is 1.36. The molecule has 5 nitrogen and oxygen atoms in total. The fourth-order valence-corrected chi connectivity index (χ4v) is 1.46. The van der Waals surface area contributed by atoms with Crippen LogP contribution < -0.4 is 4.74 Å². The van der Waals surface area contributed by atoms with Crippen LogP contribution in [-0.4, -0.2) is 21.9 Å². The summed E-state index contributed by atoms with van der Waals surface area (Å²) in [6.07, 6.45) is 3.14. The minimum absolute atomic E-state index is 0.514. The first-order valence-electron chi connectivity index (χ1n) is 4.68. The van der Waals surface area contributed by atoms with E-state index in [0.29, 0.717) is 22.7 Å². The van der Waals surface area contributed by atoms with Gasteiger partial charge in [-0.05, 0) is 12.1 Å². The third-order valence-electron chi connectivity index (χ3n) is 2.27. The molecule has 0 aliphatic rings. The Hall–Kier alpha value is -2.35. The monoisotopic (exact) mass is 214 g/mol. The molecule has 80 valence electrons. The third-order valence-corrected chi connectivity index (χ3v) is 2.27. The van der Waals surface area contributed by atoms with E-state index in [1.165, 1.54) is 6.20 Å². The number of aromatic nitrogens is 3. The zero-order chi connectivity index (χ0) is 11.5. The summed E-state index contributed by atoms with van der Waals surface area (Å²) >= 11 is 0. The number of ether oxygens (including phenoxy) is 1. The molecule has 5 heteroatoms. The molecule has 0 saturated heterocycles. The smallest absolute Gasteiger partial charge is 0.137 e.